The Morgan fingerprint density at radius 1 is 1.31 bits per heavy atom. The van der Waals surface area contributed by atoms with Crippen LogP contribution >= 0.6 is 11.3 Å². The molecule has 1 rings (SSSR count). The summed E-state index contributed by atoms with van der Waals surface area (Å²) in [4.78, 5) is 4.19. The Labute approximate surface area is 83.6 Å². The average Bonchev–Trinajstić information content (AvgIpc) is 2.63. The number of nitrogens with one attached hydrogen (secondary N) is 2. The molecule has 1 aromatic rings. The van der Waals surface area contributed by atoms with Crippen LogP contribution in [0.1, 0.15) is 19.0 Å². The number of hydrogen-bond acceptors (Lipinski definition) is 4. The summed E-state index contributed by atoms with van der Waals surface area (Å²) >= 11 is 1.64. The van der Waals surface area contributed by atoms with Crippen molar-refractivity contribution in [2.45, 2.75) is 19.9 Å². The van der Waals surface area contributed by atoms with Gasteiger partial charge in [0.05, 0.1) is 11.2 Å². The summed E-state index contributed by atoms with van der Waals surface area (Å²) in [6, 6.07) is 0. The zero-order chi connectivity index (χ0) is 9.36. The Kier molecular flexibility index (Phi) is 5.73. The van der Waals surface area contributed by atoms with Crippen molar-refractivity contribution in [2.24, 2.45) is 0 Å². The lowest BCUT2D eigenvalue weighted by molar-refractivity contribution is 0.603. The van der Waals surface area contributed by atoms with E-state index in [2.05, 4.69) is 27.9 Å². The Morgan fingerprint density at radius 3 is 2.85 bits per heavy atom. The first kappa shape index (κ1) is 10.6. The maximum Gasteiger partial charge on any atom is 0.0795 e. The van der Waals surface area contributed by atoms with E-state index < -0.39 is 0 Å². The van der Waals surface area contributed by atoms with Crippen molar-refractivity contribution >= 4 is 11.3 Å². The van der Waals surface area contributed by atoms with Crippen LogP contribution in [0.4, 0.5) is 0 Å². The van der Waals surface area contributed by atoms with E-state index in [1.165, 1.54) is 6.42 Å². The van der Waals surface area contributed by atoms with Crippen LogP contribution in [0.25, 0.3) is 0 Å². The molecule has 2 N–H and O–H groups in total. The van der Waals surface area contributed by atoms with Gasteiger partial charge in [-0.1, -0.05) is 6.92 Å². The standard InChI is InChI=1S/C9H17N3S/c1-2-3-10-4-5-11-6-9-7-13-8-12-9/h7-8,10-11H,2-6H2,1H3. The van der Waals surface area contributed by atoms with Crippen LogP contribution in [0, 0.1) is 0 Å². The Hall–Kier alpha value is -0.450. The molecule has 0 saturated heterocycles. The van der Waals surface area contributed by atoms with Crippen LogP contribution in [0.3, 0.4) is 0 Å². The average molecular weight is 199 g/mol. The highest BCUT2D eigenvalue weighted by Crippen LogP contribution is 1.98. The van der Waals surface area contributed by atoms with E-state index in [1.54, 1.807) is 11.3 Å². The molecule has 0 spiro atoms. The van der Waals surface area contributed by atoms with Gasteiger partial charge in [0.25, 0.3) is 0 Å². The van der Waals surface area contributed by atoms with Crippen molar-refractivity contribution in [3.8, 4) is 0 Å². The number of aromatic nitrogens is 1. The highest BCUT2D eigenvalue weighted by Gasteiger charge is 1.92. The van der Waals surface area contributed by atoms with E-state index in [0.29, 0.717) is 0 Å². The number of nitrogens with zero attached hydrogens (tertiary/aromatic N) is 1. The fourth-order valence-electron chi connectivity index (χ4n) is 1.02. The normalized spacial score (nSPS) is 10.5. The minimum atomic E-state index is 0.886. The van der Waals surface area contributed by atoms with E-state index in [4.69, 9.17) is 0 Å². The van der Waals surface area contributed by atoms with Crippen LogP contribution < -0.4 is 10.6 Å². The minimum absolute atomic E-state index is 0.886. The van der Waals surface area contributed by atoms with Gasteiger partial charge in [-0.25, -0.2) is 4.98 Å². The summed E-state index contributed by atoms with van der Waals surface area (Å²) in [6.07, 6.45) is 1.20. The van der Waals surface area contributed by atoms with E-state index in [9.17, 15) is 0 Å². The third-order valence-corrected chi connectivity index (χ3v) is 2.33. The van der Waals surface area contributed by atoms with Crippen molar-refractivity contribution in [2.75, 3.05) is 19.6 Å². The molecule has 0 fully saturated rings. The minimum Gasteiger partial charge on any atom is -0.315 e. The van der Waals surface area contributed by atoms with E-state index in [-0.39, 0.29) is 0 Å². The Bertz CT molecular complexity index is 199. The van der Waals surface area contributed by atoms with E-state index in [1.807, 2.05) is 5.51 Å². The summed E-state index contributed by atoms with van der Waals surface area (Å²) in [5, 5.41) is 8.74. The molecule has 1 heterocycles. The molecule has 0 aliphatic rings. The van der Waals surface area contributed by atoms with Crippen LogP contribution in [-0.4, -0.2) is 24.6 Å². The quantitative estimate of drug-likeness (QED) is 0.649. The maximum atomic E-state index is 4.19. The summed E-state index contributed by atoms with van der Waals surface area (Å²) in [6.45, 7) is 6.22. The lowest BCUT2D eigenvalue weighted by Gasteiger charge is -2.03. The third kappa shape index (κ3) is 4.98. The zero-order valence-electron chi connectivity index (χ0n) is 8.05. The van der Waals surface area contributed by atoms with Gasteiger partial charge in [-0.2, -0.15) is 0 Å². The first-order valence-corrected chi connectivity index (χ1v) is 5.66. The molecule has 0 amide bonds. The summed E-state index contributed by atoms with van der Waals surface area (Å²) in [5.41, 5.74) is 3.01. The third-order valence-electron chi connectivity index (χ3n) is 1.69. The maximum absolute atomic E-state index is 4.19. The molecule has 74 valence electrons. The second kappa shape index (κ2) is 7.00. The van der Waals surface area contributed by atoms with Crippen LogP contribution in [0.2, 0.25) is 0 Å². The van der Waals surface area contributed by atoms with Gasteiger partial charge < -0.3 is 10.6 Å². The second-order valence-electron chi connectivity index (χ2n) is 2.91. The molecule has 4 heteroatoms. The highest BCUT2D eigenvalue weighted by atomic mass is 32.1. The molecule has 3 nitrogen and oxygen atoms in total. The molecule has 0 aliphatic heterocycles. The molecular weight excluding hydrogens is 182 g/mol. The van der Waals surface area contributed by atoms with Crippen LogP contribution in [-0.2, 0) is 6.54 Å². The van der Waals surface area contributed by atoms with Gasteiger partial charge >= 0.3 is 0 Å². The van der Waals surface area contributed by atoms with E-state index in [0.717, 1.165) is 31.9 Å². The van der Waals surface area contributed by atoms with Crippen molar-refractivity contribution in [3.05, 3.63) is 16.6 Å². The van der Waals surface area contributed by atoms with Crippen LogP contribution in [0.15, 0.2) is 10.9 Å². The van der Waals surface area contributed by atoms with Gasteiger partial charge in [0, 0.05) is 25.0 Å². The molecule has 0 saturated carbocycles. The largest absolute Gasteiger partial charge is 0.315 e. The SMILES string of the molecule is CCCNCCNCc1cscn1. The Balaban J connectivity index is 1.90. The molecule has 0 atom stereocenters. The highest BCUT2D eigenvalue weighted by molar-refractivity contribution is 7.07. The van der Waals surface area contributed by atoms with Crippen molar-refractivity contribution in [1.82, 2.24) is 15.6 Å². The molecule has 0 radical (unpaired) electrons. The lowest BCUT2D eigenvalue weighted by atomic mass is 10.4. The Morgan fingerprint density at radius 2 is 2.15 bits per heavy atom. The first-order valence-electron chi connectivity index (χ1n) is 4.72. The first-order chi connectivity index (χ1) is 6.43. The van der Waals surface area contributed by atoms with Gasteiger partial charge in [-0.05, 0) is 13.0 Å². The predicted octanol–water partition coefficient (Wildman–Crippen LogP) is 1.23. The van der Waals surface area contributed by atoms with Crippen LogP contribution in [0.5, 0.6) is 0 Å². The number of rotatable bonds is 7. The van der Waals surface area contributed by atoms with Gasteiger partial charge in [0.1, 0.15) is 0 Å². The van der Waals surface area contributed by atoms with E-state index >= 15 is 0 Å². The topological polar surface area (TPSA) is 37.0 Å². The summed E-state index contributed by atoms with van der Waals surface area (Å²) in [5.74, 6) is 0. The number of hydrogen-bond donors (Lipinski definition) is 2. The molecule has 1 aromatic heterocycles. The molecular formula is C9H17N3S. The van der Waals surface area contributed by atoms with Crippen molar-refractivity contribution in [1.29, 1.82) is 0 Å². The molecule has 0 aliphatic carbocycles. The second-order valence-corrected chi connectivity index (χ2v) is 3.63. The molecule has 0 bridgehead atoms. The smallest absolute Gasteiger partial charge is 0.0795 e. The predicted molar refractivity (Wildman–Crippen MR) is 57.0 cm³/mol. The van der Waals surface area contributed by atoms with Gasteiger partial charge in [-0.15, -0.1) is 11.3 Å². The number of thiazole rings is 1. The lowest BCUT2D eigenvalue weighted by Crippen LogP contribution is -2.27. The zero-order valence-corrected chi connectivity index (χ0v) is 8.86. The molecule has 13 heavy (non-hydrogen) atoms. The van der Waals surface area contributed by atoms with Gasteiger partial charge in [-0.3, -0.25) is 0 Å². The molecule has 0 aromatic carbocycles. The summed E-state index contributed by atoms with van der Waals surface area (Å²) in [7, 11) is 0. The van der Waals surface area contributed by atoms with Crippen molar-refractivity contribution in [3.63, 3.8) is 0 Å². The van der Waals surface area contributed by atoms with Crippen molar-refractivity contribution < 1.29 is 0 Å². The molecule has 0 unspecified atom stereocenters. The monoisotopic (exact) mass is 199 g/mol. The fraction of sp³-hybridized carbons (Fsp3) is 0.667. The fourth-order valence-corrected chi connectivity index (χ4v) is 1.58. The van der Waals surface area contributed by atoms with Gasteiger partial charge in [0.15, 0.2) is 0 Å². The van der Waals surface area contributed by atoms with Gasteiger partial charge in [0.2, 0.25) is 0 Å². The summed E-state index contributed by atoms with van der Waals surface area (Å²) < 4.78 is 0.